The second-order valence-electron chi connectivity index (χ2n) is 6.72. The lowest BCUT2D eigenvalue weighted by molar-refractivity contribution is 0.0930. The molecule has 2 aromatic rings. The van der Waals surface area contributed by atoms with Crippen molar-refractivity contribution in [3.05, 3.63) is 40.8 Å². The molecule has 1 aliphatic rings. The quantitative estimate of drug-likeness (QED) is 0.837. The van der Waals surface area contributed by atoms with Gasteiger partial charge in [0.1, 0.15) is 0 Å². The fourth-order valence-electron chi connectivity index (χ4n) is 2.78. The van der Waals surface area contributed by atoms with Gasteiger partial charge in [0, 0.05) is 37.3 Å². The largest absolute Gasteiger partial charge is 0.373 e. The van der Waals surface area contributed by atoms with Crippen LogP contribution in [0.2, 0.25) is 5.28 Å². The molecule has 0 aliphatic carbocycles. The lowest BCUT2D eigenvalue weighted by Gasteiger charge is -2.32. The van der Waals surface area contributed by atoms with E-state index in [-0.39, 0.29) is 16.6 Å². The van der Waals surface area contributed by atoms with Crippen molar-refractivity contribution >= 4 is 34.7 Å². The Morgan fingerprint density at radius 2 is 2.08 bits per heavy atom. The van der Waals surface area contributed by atoms with Gasteiger partial charge in [0.05, 0.1) is 11.9 Å². The Bertz CT molecular complexity index is 804. The Labute approximate surface area is 146 Å². The highest BCUT2D eigenvalue weighted by atomic mass is 35.5. The third-order valence-corrected chi connectivity index (χ3v) is 4.35. The number of hydrogen-bond donors (Lipinski definition) is 2. The maximum absolute atomic E-state index is 12.1. The molecule has 1 aliphatic heterocycles. The van der Waals surface area contributed by atoms with Crippen LogP contribution in [-0.4, -0.2) is 36.5 Å². The Hall–Kier alpha value is -2.34. The number of nitrogens with zero attached hydrogens (tertiary/aromatic N) is 3. The zero-order valence-electron chi connectivity index (χ0n) is 14.1. The van der Waals surface area contributed by atoms with Crippen LogP contribution in [0.15, 0.2) is 24.4 Å². The zero-order chi connectivity index (χ0) is 17.5. The summed E-state index contributed by atoms with van der Waals surface area (Å²) in [5.41, 5.74) is 3.28. The van der Waals surface area contributed by atoms with Crippen LogP contribution >= 0.6 is 11.6 Å². The van der Waals surface area contributed by atoms with Crippen LogP contribution < -0.4 is 15.5 Å². The topological polar surface area (TPSA) is 70.2 Å². The highest BCUT2D eigenvalue weighted by Gasteiger charge is 2.31. The summed E-state index contributed by atoms with van der Waals surface area (Å²) in [4.78, 5) is 22.3. The minimum absolute atomic E-state index is 0.0325. The Morgan fingerprint density at radius 1 is 1.33 bits per heavy atom. The monoisotopic (exact) mass is 345 g/mol. The van der Waals surface area contributed by atoms with Gasteiger partial charge in [-0.3, -0.25) is 4.79 Å². The van der Waals surface area contributed by atoms with E-state index >= 15 is 0 Å². The van der Waals surface area contributed by atoms with E-state index in [2.05, 4.69) is 34.4 Å². The molecule has 0 spiro atoms. The molecular formula is C17H20ClN5O. The summed E-state index contributed by atoms with van der Waals surface area (Å²) >= 11 is 5.93. The molecule has 0 bridgehead atoms. The van der Waals surface area contributed by atoms with Gasteiger partial charge in [0.15, 0.2) is 5.82 Å². The zero-order valence-corrected chi connectivity index (χ0v) is 14.9. The normalized spacial score (nSPS) is 15.5. The van der Waals surface area contributed by atoms with Gasteiger partial charge >= 0.3 is 0 Å². The van der Waals surface area contributed by atoms with E-state index in [0.29, 0.717) is 17.9 Å². The molecular weight excluding hydrogens is 326 g/mol. The Balaban J connectivity index is 2.01. The van der Waals surface area contributed by atoms with Crippen molar-refractivity contribution in [3.63, 3.8) is 0 Å². The summed E-state index contributed by atoms with van der Waals surface area (Å²) in [5.74, 6) is 0.591. The summed E-state index contributed by atoms with van der Waals surface area (Å²) in [7, 11) is 3.83. The predicted octanol–water partition coefficient (Wildman–Crippen LogP) is 2.96. The molecule has 0 unspecified atom stereocenters. The third-order valence-electron chi connectivity index (χ3n) is 4.17. The first-order valence-corrected chi connectivity index (χ1v) is 8.05. The lowest BCUT2D eigenvalue weighted by atomic mass is 9.79. The van der Waals surface area contributed by atoms with Gasteiger partial charge in [0.25, 0.3) is 5.91 Å². The number of amides is 1. The highest BCUT2D eigenvalue weighted by Crippen LogP contribution is 2.33. The van der Waals surface area contributed by atoms with Gasteiger partial charge in [-0.15, -0.1) is 0 Å². The first kappa shape index (κ1) is 16.5. The fraction of sp³-hybridized carbons (Fsp3) is 0.353. The van der Waals surface area contributed by atoms with E-state index in [1.54, 1.807) is 6.20 Å². The van der Waals surface area contributed by atoms with Crippen molar-refractivity contribution in [1.82, 2.24) is 15.3 Å². The van der Waals surface area contributed by atoms with E-state index < -0.39 is 0 Å². The SMILES string of the molecule is CN(C)c1cnc(Cl)nc1Nc1ccc2c(c1)C(C)(C)CNC2=O. The maximum atomic E-state index is 12.1. The molecule has 0 radical (unpaired) electrons. The number of fused-ring (bicyclic) bond motifs is 1. The van der Waals surface area contributed by atoms with Crippen molar-refractivity contribution in [3.8, 4) is 0 Å². The van der Waals surface area contributed by atoms with Crippen LogP contribution in [0.3, 0.4) is 0 Å². The lowest BCUT2D eigenvalue weighted by Crippen LogP contribution is -2.43. The summed E-state index contributed by atoms with van der Waals surface area (Å²) in [6.07, 6.45) is 1.67. The highest BCUT2D eigenvalue weighted by molar-refractivity contribution is 6.28. The van der Waals surface area contributed by atoms with E-state index in [1.807, 2.05) is 37.2 Å². The first-order valence-electron chi connectivity index (χ1n) is 7.67. The van der Waals surface area contributed by atoms with Gasteiger partial charge in [-0.2, -0.15) is 4.98 Å². The van der Waals surface area contributed by atoms with Crippen molar-refractivity contribution in [2.24, 2.45) is 0 Å². The molecule has 24 heavy (non-hydrogen) atoms. The second-order valence-corrected chi connectivity index (χ2v) is 7.06. The van der Waals surface area contributed by atoms with Crippen LogP contribution in [-0.2, 0) is 5.41 Å². The Kier molecular flexibility index (Phi) is 4.09. The van der Waals surface area contributed by atoms with E-state index in [0.717, 1.165) is 16.9 Å². The van der Waals surface area contributed by atoms with Crippen LogP contribution in [0.5, 0.6) is 0 Å². The number of halogens is 1. The number of anilines is 3. The number of nitrogens with one attached hydrogen (secondary N) is 2. The van der Waals surface area contributed by atoms with Crippen molar-refractivity contribution in [1.29, 1.82) is 0 Å². The van der Waals surface area contributed by atoms with Crippen LogP contribution in [0.4, 0.5) is 17.2 Å². The average Bonchev–Trinajstić information content (AvgIpc) is 2.51. The maximum Gasteiger partial charge on any atom is 0.251 e. The van der Waals surface area contributed by atoms with Crippen LogP contribution in [0.25, 0.3) is 0 Å². The van der Waals surface area contributed by atoms with E-state index in [4.69, 9.17) is 11.6 Å². The molecule has 0 atom stereocenters. The molecule has 0 saturated carbocycles. The molecule has 2 N–H and O–H groups in total. The number of hydrogen-bond acceptors (Lipinski definition) is 5. The van der Waals surface area contributed by atoms with Gasteiger partial charge in [-0.05, 0) is 35.4 Å². The molecule has 7 heteroatoms. The van der Waals surface area contributed by atoms with E-state index in [1.165, 1.54) is 0 Å². The van der Waals surface area contributed by atoms with Crippen LogP contribution in [0, 0.1) is 0 Å². The standard InChI is InChI=1S/C17H20ClN5O/c1-17(2)9-20-15(24)11-6-5-10(7-12(11)17)21-14-13(23(3)4)8-19-16(18)22-14/h5-8H,9H2,1-4H3,(H,20,24)(H,19,21,22). The fourth-order valence-corrected chi connectivity index (χ4v) is 2.91. The number of carbonyl (C=O) groups excluding carboxylic acids is 1. The van der Waals surface area contributed by atoms with Gasteiger partial charge in [0.2, 0.25) is 5.28 Å². The molecule has 1 aromatic heterocycles. The van der Waals surface area contributed by atoms with E-state index in [9.17, 15) is 4.79 Å². The van der Waals surface area contributed by atoms with Crippen molar-refractivity contribution < 1.29 is 4.79 Å². The summed E-state index contributed by atoms with van der Waals surface area (Å²) < 4.78 is 0. The third kappa shape index (κ3) is 3.01. The minimum atomic E-state index is -0.130. The van der Waals surface area contributed by atoms with Crippen LogP contribution in [0.1, 0.15) is 29.8 Å². The van der Waals surface area contributed by atoms with Gasteiger partial charge in [-0.1, -0.05) is 13.8 Å². The number of benzene rings is 1. The molecule has 0 fully saturated rings. The number of aromatic nitrogens is 2. The molecule has 2 heterocycles. The molecule has 3 rings (SSSR count). The summed E-state index contributed by atoms with van der Waals surface area (Å²) in [6.45, 7) is 4.84. The first-order chi connectivity index (χ1) is 11.3. The van der Waals surface area contributed by atoms with Crippen molar-refractivity contribution in [2.45, 2.75) is 19.3 Å². The number of carbonyl (C=O) groups is 1. The molecule has 0 saturated heterocycles. The molecule has 1 amide bonds. The number of rotatable bonds is 3. The predicted molar refractivity (Wildman–Crippen MR) is 96.5 cm³/mol. The summed E-state index contributed by atoms with van der Waals surface area (Å²) in [5, 5.41) is 6.39. The molecule has 126 valence electrons. The minimum Gasteiger partial charge on any atom is -0.373 e. The second kappa shape index (κ2) is 5.94. The average molecular weight is 346 g/mol. The smallest absolute Gasteiger partial charge is 0.251 e. The van der Waals surface area contributed by atoms with Gasteiger partial charge in [-0.25, -0.2) is 4.98 Å². The van der Waals surface area contributed by atoms with Crippen molar-refractivity contribution in [2.75, 3.05) is 30.9 Å². The Morgan fingerprint density at radius 3 is 2.79 bits per heavy atom. The molecule has 6 nitrogen and oxygen atoms in total. The molecule has 1 aromatic carbocycles. The summed E-state index contributed by atoms with van der Waals surface area (Å²) in [6, 6.07) is 5.71. The van der Waals surface area contributed by atoms with Gasteiger partial charge < -0.3 is 15.5 Å².